The van der Waals surface area contributed by atoms with E-state index >= 15 is 0 Å². The van der Waals surface area contributed by atoms with Gasteiger partial charge in [-0.3, -0.25) is 5.10 Å². The Morgan fingerprint density at radius 2 is 2.15 bits per heavy atom. The van der Waals surface area contributed by atoms with E-state index in [4.69, 9.17) is 0 Å². The average molecular weight is 300 g/mol. The van der Waals surface area contributed by atoms with Crippen LogP contribution in [-0.4, -0.2) is 31.7 Å². The Morgan fingerprint density at radius 1 is 1.45 bits per heavy atom. The maximum Gasteiger partial charge on any atom is 0.260 e. The van der Waals surface area contributed by atoms with Crippen LogP contribution in [0.5, 0.6) is 0 Å². The fourth-order valence-corrected chi connectivity index (χ4v) is 4.32. The average Bonchev–Trinajstić information content (AvgIpc) is 2.84. The Hall–Kier alpha value is -0.920. The lowest BCUT2D eigenvalue weighted by atomic mass is 9.92. The third kappa shape index (κ3) is 3.21. The van der Waals surface area contributed by atoms with Gasteiger partial charge in [0.2, 0.25) is 0 Å². The van der Waals surface area contributed by atoms with Crippen LogP contribution in [0.1, 0.15) is 44.4 Å². The molecule has 114 valence electrons. The van der Waals surface area contributed by atoms with E-state index in [0.717, 1.165) is 25.0 Å². The molecule has 6 nitrogen and oxygen atoms in total. The van der Waals surface area contributed by atoms with Crippen molar-refractivity contribution < 1.29 is 8.42 Å². The van der Waals surface area contributed by atoms with E-state index in [-0.39, 0.29) is 16.5 Å². The highest BCUT2D eigenvalue weighted by Gasteiger charge is 2.35. The standard InChI is InChI=1S/C13H24N4O2S/c1-9-11(8-14-4)12(16-15-9)20(18,19)17-10-5-6-13(2,3)7-10/h10,14,17H,5-8H2,1-4H3,(H,15,16). The van der Waals surface area contributed by atoms with Crippen LogP contribution < -0.4 is 10.0 Å². The number of nitrogens with zero attached hydrogens (tertiary/aromatic N) is 1. The summed E-state index contributed by atoms with van der Waals surface area (Å²) in [5.74, 6) is 0. The minimum atomic E-state index is -3.56. The topological polar surface area (TPSA) is 86.9 Å². The summed E-state index contributed by atoms with van der Waals surface area (Å²) in [6.07, 6.45) is 2.80. The number of rotatable bonds is 5. The van der Waals surface area contributed by atoms with Gasteiger partial charge in [0.15, 0.2) is 5.03 Å². The molecule has 7 heteroatoms. The molecule has 2 rings (SSSR count). The fourth-order valence-electron chi connectivity index (χ4n) is 2.85. The fraction of sp³-hybridized carbons (Fsp3) is 0.769. The molecule has 1 unspecified atom stereocenters. The molecule has 1 aromatic rings. The summed E-state index contributed by atoms with van der Waals surface area (Å²) in [7, 11) is -1.77. The van der Waals surface area contributed by atoms with E-state index in [9.17, 15) is 8.42 Å². The molecule has 1 fully saturated rings. The number of aromatic nitrogens is 2. The molecule has 20 heavy (non-hydrogen) atoms. The van der Waals surface area contributed by atoms with Crippen molar-refractivity contribution in [1.82, 2.24) is 20.2 Å². The van der Waals surface area contributed by atoms with E-state index in [1.165, 1.54) is 0 Å². The molecule has 0 spiro atoms. The summed E-state index contributed by atoms with van der Waals surface area (Å²) < 4.78 is 27.8. The number of sulfonamides is 1. The molecule has 1 aliphatic rings. The molecule has 0 aliphatic heterocycles. The van der Waals surface area contributed by atoms with Gasteiger partial charge in [0.1, 0.15) is 0 Å². The van der Waals surface area contributed by atoms with Crippen LogP contribution in [0.3, 0.4) is 0 Å². The molecule has 0 radical (unpaired) electrons. The van der Waals surface area contributed by atoms with Crippen LogP contribution >= 0.6 is 0 Å². The minimum Gasteiger partial charge on any atom is -0.316 e. The zero-order chi connectivity index (χ0) is 15.0. The predicted octanol–water partition coefficient (Wildman–Crippen LogP) is 1.29. The molecule has 3 N–H and O–H groups in total. The Labute approximate surface area is 120 Å². The second-order valence-electron chi connectivity index (χ2n) is 6.39. The van der Waals surface area contributed by atoms with Crippen LogP contribution in [0.15, 0.2) is 5.03 Å². The second kappa shape index (κ2) is 5.46. The van der Waals surface area contributed by atoms with E-state index in [2.05, 4.69) is 34.1 Å². The van der Waals surface area contributed by atoms with E-state index in [1.54, 1.807) is 7.05 Å². The van der Waals surface area contributed by atoms with Gasteiger partial charge in [0.05, 0.1) is 0 Å². The molecule has 1 heterocycles. The zero-order valence-electron chi connectivity index (χ0n) is 12.6. The Kier molecular flexibility index (Phi) is 4.22. The lowest BCUT2D eigenvalue weighted by molar-refractivity contribution is 0.372. The maximum atomic E-state index is 12.5. The first-order valence-electron chi connectivity index (χ1n) is 6.96. The highest BCUT2D eigenvalue weighted by Crippen LogP contribution is 2.37. The molecule has 0 saturated heterocycles. The number of hydrogen-bond donors (Lipinski definition) is 3. The summed E-state index contributed by atoms with van der Waals surface area (Å²) >= 11 is 0. The monoisotopic (exact) mass is 300 g/mol. The Bertz CT molecular complexity index is 577. The van der Waals surface area contributed by atoms with Gasteiger partial charge >= 0.3 is 0 Å². The number of aryl methyl sites for hydroxylation is 1. The quantitative estimate of drug-likeness (QED) is 0.765. The van der Waals surface area contributed by atoms with Crippen molar-refractivity contribution in [3.05, 3.63) is 11.3 Å². The summed E-state index contributed by atoms with van der Waals surface area (Å²) in [6.45, 7) is 6.66. The predicted molar refractivity (Wildman–Crippen MR) is 77.8 cm³/mol. The highest BCUT2D eigenvalue weighted by atomic mass is 32.2. The van der Waals surface area contributed by atoms with Gasteiger partial charge in [-0.15, -0.1) is 0 Å². The maximum absolute atomic E-state index is 12.5. The summed E-state index contributed by atoms with van der Waals surface area (Å²) in [4.78, 5) is 0. The molecule has 0 bridgehead atoms. The Balaban J connectivity index is 2.19. The first-order valence-corrected chi connectivity index (χ1v) is 8.44. The van der Waals surface area contributed by atoms with Crippen molar-refractivity contribution in [2.24, 2.45) is 5.41 Å². The summed E-state index contributed by atoms with van der Waals surface area (Å²) in [6, 6.07) is 0.00874. The molecule has 1 aliphatic carbocycles. The number of aromatic amines is 1. The van der Waals surface area contributed by atoms with Crippen molar-refractivity contribution in [1.29, 1.82) is 0 Å². The SMILES string of the molecule is CNCc1c(S(=O)(=O)NC2CCC(C)(C)C2)n[nH]c1C. The second-order valence-corrected chi connectivity index (χ2v) is 8.02. The lowest BCUT2D eigenvalue weighted by Crippen LogP contribution is -2.34. The van der Waals surface area contributed by atoms with Crippen LogP contribution in [0, 0.1) is 12.3 Å². The van der Waals surface area contributed by atoms with Gasteiger partial charge in [-0.1, -0.05) is 13.8 Å². The number of hydrogen-bond acceptors (Lipinski definition) is 4. The summed E-state index contributed by atoms with van der Waals surface area (Å²) in [5, 5.41) is 9.83. The minimum absolute atomic E-state index is 0.00874. The zero-order valence-corrected chi connectivity index (χ0v) is 13.4. The molecule has 1 aromatic heterocycles. The molecule has 1 atom stereocenters. The van der Waals surface area contributed by atoms with Crippen molar-refractivity contribution in [2.45, 2.75) is 57.6 Å². The highest BCUT2D eigenvalue weighted by molar-refractivity contribution is 7.89. The normalized spacial score (nSPS) is 22.3. The van der Waals surface area contributed by atoms with Crippen molar-refractivity contribution in [3.8, 4) is 0 Å². The van der Waals surface area contributed by atoms with Crippen molar-refractivity contribution in [2.75, 3.05) is 7.05 Å². The van der Waals surface area contributed by atoms with Crippen LogP contribution in [-0.2, 0) is 16.6 Å². The lowest BCUT2D eigenvalue weighted by Gasteiger charge is -2.17. The number of H-pyrrole nitrogens is 1. The summed E-state index contributed by atoms with van der Waals surface area (Å²) in [5.41, 5.74) is 1.70. The van der Waals surface area contributed by atoms with Crippen molar-refractivity contribution in [3.63, 3.8) is 0 Å². The van der Waals surface area contributed by atoms with Gasteiger partial charge < -0.3 is 5.32 Å². The van der Waals surface area contributed by atoms with E-state index in [0.29, 0.717) is 12.1 Å². The molecule has 1 saturated carbocycles. The van der Waals surface area contributed by atoms with E-state index in [1.807, 2.05) is 6.92 Å². The van der Waals surface area contributed by atoms with Crippen LogP contribution in [0.2, 0.25) is 0 Å². The number of nitrogens with one attached hydrogen (secondary N) is 3. The van der Waals surface area contributed by atoms with Gasteiger partial charge in [0, 0.05) is 23.8 Å². The molecular weight excluding hydrogens is 276 g/mol. The van der Waals surface area contributed by atoms with Gasteiger partial charge in [0.25, 0.3) is 10.0 Å². The molecule has 0 aromatic carbocycles. The van der Waals surface area contributed by atoms with Gasteiger partial charge in [-0.25, -0.2) is 13.1 Å². The third-order valence-corrected chi connectivity index (χ3v) is 5.42. The smallest absolute Gasteiger partial charge is 0.260 e. The Morgan fingerprint density at radius 3 is 2.70 bits per heavy atom. The molecule has 0 amide bonds. The van der Waals surface area contributed by atoms with Crippen LogP contribution in [0.25, 0.3) is 0 Å². The molecular formula is C13H24N4O2S. The first-order chi connectivity index (χ1) is 9.25. The van der Waals surface area contributed by atoms with Crippen LogP contribution in [0.4, 0.5) is 0 Å². The largest absolute Gasteiger partial charge is 0.316 e. The third-order valence-electron chi connectivity index (χ3n) is 3.93. The van der Waals surface area contributed by atoms with Gasteiger partial charge in [-0.2, -0.15) is 5.10 Å². The van der Waals surface area contributed by atoms with Crippen molar-refractivity contribution >= 4 is 10.0 Å². The van der Waals surface area contributed by atoms with E-state index < -0.39 is 10.0 Å². The van der Waals surface area contributed by atoms with Gasteiger partial charge in [-0.05, 0) is 38.6 Å². The first kappa shape index (κ1) is 15.5.